The molecule has 0 amide bonds. The molecule has 3 nitrogen and oxygen atoms in total. The number of benzene rings is 1. The van der Waals surface area contributed by atoms with Gasteiger partial charge in [0.2, 0.25) is 0 Å². The molecule has 1 aliphatic heterocycles. The number of phenolic OH excluding ortho intramolecular Hbond substituents is 1. The minimum absolute atomic E-state index is 0.00319. The maximum atomic E-state index is 13.4. The van der Waals surface area contributed by atoms with Crippen molar-refractivity contribution in [1.82, 2.24) is 10.2 Å². The lowest BCUT2D eigenvalue weighted by atomic mass is 10.0. The van der Waals surface area contributed by atoms with Gasteiger partial charge in [0.05, 0.1) is 5.02 Å². The summed E-state index contributed by atoms with van der Waals surface area (Å²) >= 11 is 5.84. The summed E-state index contributed by atoms with van der Waals surface area (Å²) in [6.45, 7) is 5.66. The third-order valence-corrected chi connectivity index (χ3v) is 3.68. The van der Waals surface area contributed by atoms with Gasteiger partial charge in [-0.15, -0.1) is 0 Å². The lowest BCUT2D eigenvalue weighted by Gasteiger charge is -2.35. The summed E-state index contributed by atoms with van der Waals surface area (Å²) < 4.78 is 13.4. The predicted molar refractivity (Wildman–Crippen MR) is 70.5 cm³/mol. The second-order valence-electron chi connectivity index (χ2n) is 4.54. The zero-order chi connectivity index (χ0) is 13.1. The highest BCUT2D eigenvalue weighted by atomic mass is 35.5. The third-order valence-electron chi connectivity index (χ3n) is 3.40. The highest BCUT2D eigenvalue weighted by Crippen LogP contribution is 2.36. The lowest BCUT2D eigenvalue weighted by Crippen LogP contribution is -2.45. The smallest absolute Gasteiger partial charge is 0.139 e. The maximum Gasteiger partial charge on any atom is 0.139 e. The average molecular weight is 273 g/mol. The Hall–Kier alpha value is -0.840. The van der Waals surface area contributed by atoms with Gasteiger partial charge in [-0.05, 0) is 18.6 Å². The van der Waals surface area contributed by atoms with Crippen LogP contribution in [0.5, 0.6) is 5.75 Å². The normalized spacial score (nSPS) is 18.8. The van der Waals surface area contributed by atoms with E-state index >= 15 is 0 Å². The average Bonchev–Trinajstić information content (AvgIpc) is 2.37. The van der Waals surface area contributed by atoms with Crippen LogP contribution in [0.1, 0.15) is 24.9 Å². The SMILES string of the molecule is CC[C@H](c1cc(F)cc(Cl)c1O)N1CCNCC1. The van der Waals surface area contributed by atoms with Crippen LogP contribution in [-0.4, -0.2) is 36.2 Å². The number of hydrogen-bond donors (Lipinski definition) is 2. The fourth-order valence-corrected chi connectivity index (χ4v) is 2.72. The first-order chi connectivity index (χ1) is 8.63. The van der Waals surface area contributed by atoms with E-state index in [1.165, 1.54) is 6.07 Å². The number of phenols is 1. The number of halogens is 2. The molecule has 0 aliphatic carbocycles. The van der Waals surface area contributed by atoms with E-state index in [0.29, 0.717) is 5.56 Å². The fraction of sp³-hybridized carbons (Fsp3) is 0.538. The first-order valence-electron chi connectivity index (χ1n) is 6.26. The van der Waals surface area contributed by atoms with Crippen LogP contribution in [0.2, 0.25) is 5.02 Å². The van der Waals surface area contributed by atoms with Crippen molar-refractivity contribution in [2.24, 2.45) is 0 Å². The fourth-order valence-electron chi connectivity index (χ4n) is 2.51. The monoisotopic (exact) mass is 272 g/mol. The van der Waals surface area contributed by atoms with E-state index in [1.54, 1.807) is 0 Å². The highest BCUT2D eigenvalue weighted by molar-refractivity contribution is 6.32. The highest BCUT2D eigenvalue weighted by Gasteiger charge is 2.24. The minimum atomic E-state index is -0.401. The van der Waals surface area contributed by atoms with Gasteiger partial charge in [0.25, 0.3) is 0 Å². The molecule has 1 fully saturated rings. The Morgan fingerprint density at radius 3 is 2.72 bits per heavy atom. The second kappa shape index (κ2) is 5.87. The molecule has 0 radical (unpaired) electrons. The van der Waals surface area contributed by atoms with Crippen molar-refractivity contribution < 1.29 is 9.50 Å². The first-order valence-corrected chi connectivity index (χ1v) is 6.64. The van der Waals surface area contributed by atoms with Gasteiger partial charge in [-0.25, -0.2) is 4.39 Å². The number of piperazine rings is 1. The summed E-state index contributed by atoms with van der Waals surface area (Å²) in [5, 5.41) is 13.4. The summed E-state index contributed by atoms with van der Waals surface area (Å²) in [7, 11) is 0. The molecule has 2 N–H and O–H groups in total. The van der Waals surface area contributed by atoms with E-state index in [2.05, 4.69) is 10.2 Å². The molecule has 0 aromatic heterocycles. The Labute approximate surface area is 112 Å². The summed E-state index contributed by atoms with van der Waals surface area (Å²) in [5.74, 6) is -0.398. The summed E-state index contributed by atoms with van der Waals surface area (Å²) in [6.07, 6.45) is 0.813. The molecule has 1 atom stereocenters. The molecule has 1 aromatic carbocycles. The Morgan fingerprint density at radius 2 is 2.11 bits per heavy atom. The zero-order valence-corrected chi connectivity index (χ0v) is 11.2. The van der Waals surface area contributed by atoms with Crippen LogP contribution in [0.3, 0.4) is 0 Å². The van der Waals surface area contributed by atoms with E-state index in [-0.39, 0.29) is 16.8 Å². The molecule has 0 unspecified atom stereocenters. The van der Waals surface area contributed by atoms with Gasteiger partial charge in [0.15, 0.2) is 0 Å². The zero-order valence-electron chi connectivity index (χ0n) is 10.4. The third kappa shape index (κ3) is 2.76. The van der Waals surface area contributed by atoms with Gasteiger partial charge in [-0.1, -0.05) is 18.5 Å². The van der Waals surface area contributed by atoms with Crippen LogP contribution in [-0.2, 0) is 0 Å². The lowest BCUT2D eigenvalue weighted by molar-refractivity contribution is 0.166. The topological polar surface area (TPSA) is 35.5 Å². The van der Waals surface area contributed by atoms with E-state index < -0.39 is 5.82 Å². The van der Waals surface area contributed by atoms with E-state index in [9.17, 15) is 9.50 Å². The molecule has 0 saturated carbocycles. The summed E-state index contributed by atoms with van der Waals surface area (Å²) in [6, 6.07) is 2.54. The maximum absolute atomic E-state index is 13.4. The first kappa shape index (κ1) is 13.6. The molecule has 100 valence electrons. The van der Waals surface area contributed by atoms with Crippen molar-refractivity contribution in [3.8, 4) is 5.75 Å². The number of nitrogens with one attached hydrogen (secondary N) is 1. The van der Waals surface area contributed by atoms with Crippen LogP contribution in [0, 0.1) is 5.82 Å². The van der Waals surface area contributed by atoms with Gasteiger partial charge < -0.3 is 10.4 Å². The Morgan fingerprint density at radius 1 is 1.44 bits per heavy atom. The predicted octanol–water partition coefficient (Wildman–Crippen LogP) is 2.54. The van der Waals surface area contributed by atoms with Crippen LogP contribution in [0.15, 0.2) is 12.1 Å². The van der Waals surface area contributed by atoms with Crippen LogP contribution in [0.25, 0.3) is 0 Å². The van der Waals surface area contributed by atoms with Gasteiger partial charge >= 0.3 is 0 Å². The minimum Gasteiger partial charge on any atom is -0.506 e. The van der Waals surface area contributed by atoms with E-state index in [4.69, 9.17) is 11.6 Å². The van der Waals surface area contributed by atoms with E-state index in [1.807, 2.05) is 6.92 Å². The summed E-state index contributed by atoms with van der Waals surface area (Å²) in [4.78, 5) is 2.25. The molecule has 18 heavy (non-hydrogen) atoms. The van der Waals surface area contributed by atoms with Gasteiger partial charge in [0.1, 0.15) is 11.6 Å². The van der Waals surface area contributed by atoms with Gasteiger partial charge in [0, 0.05) is 37.8 Å². The molecule has 1 aromatic rings. The van der Waals surface area contributed by atoms with Crippen molar-refractivity contribution in [2.45, 2.75) is 19.4 Å². The molecule has 5 heteroatoms. The largest absolute Gasteiger partial charge is 0.506 e. The Bertz CT molecular complexity index is 422. The Balaban J connectivity index is 2.31. The molecule has 1 saturated heterocycles. The van der Waals surface area contributed by atoms with Crippen LogP contribution >= 0.6 is 11.6 Å². The molecule has 0 bridgehead atoms. The molecular weight excluding hydrogens is 255 g/mol. The van der Waals surface area contributed by atoms with Crippen LogP contribution in [0.4, 0.5) is 4.39 Å². The van der Waals surface area contributed by atoms with Crippen molar-refractivity contribution in [3.63, 3.8) is 0 Å². The second-order valence-corrected chi connectivity index (χ2v) is 4.94. The number of hydrogen-bond acceptors (Lipinski definition) is 3. The van der Waals surface area contributed by atoms with Crippen molar-refractivity contribution in [3.05, 3.63) is 28.5 Å². The molecule has 2 rings (SSSR count). The molecule has 0 spiro atoms. The molecular formula is C13H18ClFN2O. The van der Waals surface area contributed by atoms with Crippen LogP contribution < -0.4 is 5.32 Å². The summed E-state index contributed by atoms with van der Waals surface area (Å²) in [5.41, 5.74) is 0.587. The standard InChI is InChI=1S/C13H18ClFN2O/c1-2-12(17-5-3-16-4-6-17)10-7-9(15)8-11(14)13(10)18/h7-8,12,16,18H,2-6H2,1H3/t12-/m1/s1. The quantitative estimate of drug-likeness (QED) is 0.888. The van der Waals surface area contributed by atoms with Gasteiger partial charge in [-0.2, -0.15) is 0 Å². The number of nitrogens with zero attached hydrogens (tertiary/aromatic N) is 1. The van der Waals surface area contributed by atoms with Crippen molar-refractivity contribution >= 4 is 11.6 Å². The molecule has 1 heterocycles. The van der Waals surface area contributed by atoms with Crippen molar-refractivity contribution in [2.75, 3.05) is 26.2 Å². The van der Waals surface area contributed by atoms with Gasteiger partial charge in [-0.3, -0.25) is 4.90 Å². The van der Waals surface area contributed by atoms with Crippen molar-refractivity contribution in [1.29, 1.82) is 0 Å². The van der Waals surface area contributed by atoms with E-state index in [0.717, 1.165) is 38.7 Å². The number of aromatic hydroxyl groups is 1. The molecule has 1 aliphatic rings. The Kier molecular flexibility index (Phi) is 4.43. The number of rotatable bonds is 3.